The first-order chi connectivity index (χ1) is 14.1. The van der Waals surface area contributed by atoms with Crippen LogP contribution in [-0.4, -0.2) is 46.6 Å². The summed E-state index contributed by atoms with van der Waals surface area (Å²) in [5, 5.41) is 12.4. The Hall–Kier alpha value is -2.48. The molecule has 2 heterocycles. The van der Waals surface area contributed by atoms with Crippen molar-refractivity contribution in [3.8, 4) is 5.75 Å². The lowest BCUT2D eigenvalue weighted by Gasteiger charge is -2.31. The van der Waals surface area contributed by atoms with Crippen molar-refractivity contribution >= 4 is 28.3 Å². The van der Waals surface area contributed by atoms with E-state index in [1.165, 1.54) is 30.6 Å². The Morgan fingerprint density at radius 2 is 2.03 bits per heavy atom. The molecule has 2 amide bonds. The van der Waals surface area contributed by atoms with Gasteiger partial charge in [-0.3, -0.25) is 9.59 Å². The predicted molar refractivity (Wildman–Crippen MR) is 111 cm³/mol. The van der Waals surface area contributed by atoms with Crippen molar-refractivity contribution < 1.29 is 14.3 Å². The van der Waals surface area contributed by atoms with Crippen molar-refractivity contribution in [3.63, 3.8) is 0 Å². The molecular formula is C21H26N4O3S. The number of ether oxygens (including phenoxy) is 1. The van der Waals surface area contributed by atoms with Crippen LogP contribution >= 0.6 is 11.3 Å². The quantitative estimate of drug-likeness (QED) is 0.784. The van der Waals surface area contributed by atoms with Crippen molar-refractivity contribution in [1.29, 1.82) is 0 Å². The lowest BCUT2D eigenvalue weighted by atomic mass is 9.94. The topological polar surface area (TPSA) is 84.4 Å². The van der Waals surface area contributed by atoms with E-state index < -0.39 is 0 Å². The molecule has 8 heteroatoms. The summed E-state index contributed by atoms with van der Waals surface area (Å²) in [4.78, 5) is 27.0. The summed E-state index contributed by atoms with van der Waals surface area (Å²) < 4.78 is 5.38. The van der Waals surface area contributed by atoms with Crippen molar-refractivity contribution in [2.45, 2.75) is 51.0 Å². The van der Waals surface area contributed by atoms with Crippen molar-refractivity contribution in [2.75, 3.05) is 19.0 Å². The van der Waals surface area contributed by atoms with E-state index in [1.54, 1.807) is 7.11 Å². The normalized spacial score (nSPS) is 20.1. The fourth-order valence-electron chi connectivity index (χ4n) is 4.25. The van der Waals surface area contributed by atoms with Crippen LogP contribution in [0.4, 0.5) is 5.13 Å². The van der Waals surface area contributed by atoms with E-state index >= 15 is 0 Å². The van der Waals surface area contributed by atoms with Crippen LogP contribution in [-0.2, 0) is 16.0 Å². The number of hydrogen-bond acceptors (Lipinski definition) is 6. The highest BCUT2D eigenvalue weighted by Gasteiger charge is 2.38. The molecule has 1 saturated heterocycles. The largest absolute Gasteiger partial charge is 0.496 e. The zero-order valence-electron chi connectivity index (χ0n) is 16.6. The van der Waals surface area contributed by atoms with Gasteiger partial charge in [-0.2, -0.15) is 0 Å². The van der Waals surface area contributed by atoms with Crippen LogP contribution in [0.2, 0.25) is 0 Å². The first-order valence-corrected chi connectivity index (χ1v) is 11.0. The van der Waals surface area contributed by atoms with Crippen LogP contribution in [0.15, 0.2) is 24.3 Å². The number of para-hydroxylation sites is 1. The van der Waals surface area contributed by atoms with Crippen LogP contribution in [0.25, 0.3) is 0 Å². The fraction of sp³-hybridized carbons (Fsp3) is 0.524. The molecule has 2 aliphatic rings. The average Bonchev–Trinajstić information content (AvgIpc) is 3.35. The summed E-state index contributed by atoms with van der Waals surface area (Å²) in [5.41, 5.74) is 1.02. The summed E-state index contributed by atoms with van der Waals surface area (Å²) in [6, 6.07) is 8.09. The highest BCUT2D eigenvalue weighted by molar-refractivity contribution is 7.15. The number of benzene rings is 1. The van der Waals surface area contributed by atoms with Crippen LogP contribution in [0.5, 0.6) is 5.75 Å². The van der Waals surface area contributed by atoms with Gasteiger partial charge in [-0.15, -0.1) is 10.2 Å². The summed E-state index contributed by atoms with van der Waals surface area (Å²) in [7, 11) is 1.64. The summed E-state index contributed by atoms with van der Waals surface area (Å²) in [5.74, 6) is 0.453. The summed E-state index contributed by atoms with van der Waals surface area (Å²) in [6.45, 7) is 0.516. The van der Waals surface area contributed by atoms with Gasteiger partial charge in [0, 0.05) is 31.0 Å². The lowest BCUT2D eigenvalue weighted by Crippen LogP contribution is -2.38. The van der Waals surface area contributed by atoms with E-state index in [0.29, 0.717) is 24.1 Å². The highest BCUT2D eigenvalue weighted by atomic mass is 32.1. The number of rotatable bonds is 6. The molecule has 1 aliphatic heterocycles. The minimum atomic E-state index is -0.314. The second-order valence-electron chi connectivity index (χ2n) is 7.72. The minimum Gasteiger partial charge on any atom is -0.496 e. The van der Waals surface area contributed by atoms with Gasteiger partial charge in [0.1, 0.15) is 10.8 Å². The molecule has 0 bridgehead atoms. The monoisotopic (exact) mass is 414 g/mol. The Bertz CT molecular complexity index is 878. The SMILES string of the molecule is COc1ccccc1Cc1nnc(NC(=O)C2CC(=O)N(C3CCCCC3)C2)s1. The van der Waals surface area contributed by atoms with Gasteiger partial charge in [-0.05, 0) is 18.9 Å². The van der Waals surface area contributed by atoms with E-state index in [9.17, 15) is 9.59 Å². The Labute approximate surface area is 174 Å². The molecule has 154 valence electrons. The van der Waals surface area contributed by atoms with Crippen LogP contribution in [0, 0.1) is 5.92 Å². The Kier molecular flexibility index (Phi) is 6.08. The molecule has 2 fully saturated rings. The number of carbonyl (C=O) groups is 2. The number of amides is 2. The van der Waals surface area contributed by atoms with Gasteiger partial charge in [0.05, 0.1) is 13.0 Å². The smallest absolute Gasteiger partial charge is 0.231 e. The third kappa shape index (κ3) is 4.58. The molecular weight excluding hydrogens is 388 g/mol. The average molecular weight is 415 g/mol. The van der Waals surface area contributed by atoms with Gasteiger partial charge >= 0.3 is 0 Å². The molecule has 7 nitrogen and oxygen atoms in total. The number of hydrogen-bond donors (Lipinski definition) is 1. The first kappa shape index (κ1) is 19.8. The number of carbonyl (C=O) groups excluding carboxylic acids is 2. The zero-order chi connectivity index (χ0) is 20.2. The molecule has 1 saturated carbocycles. The molecule has 1 aromatic heterocycles. The Balaban J connectivity index is 1.35. The number of aromatic nitrogens is 2. The number of methoxy groups -OCH3 is 1. The van der Waals surface area contributed by atoms with Gasteiger partial charge in [-0.1, -0.05) is 48.8 Å². The minimum absolute atomic E-state index is 0.103. The second kappa shape index (κ2) is 8.90. The third-order valence-electron chi connectivity index (χ3n) is 5.78. The number of nitrogens with one attached hydrogen (secondary N) is 1. The van der Waals surface area contributed by atoms with E-state index in [4.69, 9.17) is 4.74 Å². The van der Waals surface area contributed by atoms with Gasteiger partial charge in [0.15, 0.2) is 0 Å². The molecule has 1 atom stereocenters. The van der Waals surface area contributed by atoms with Crippen LogP contribution in [0.3, 0.4) is 0 Å². The van der Waals surface area contributed by atoms with E-state index in [-0.39, 0.29) is 24.2 Å². The van der Waals surface area contributed by atoms with E-state index in [1.807, 2.05) is 29.2 Å². The maximum absolute atomic E-state index is 12.7. The molecule has 1 N–H and O–H groups in total. The molecule has 0 spiro atoms. The molecule has 1 unspecified atom stereocenters. The number of anilines is 1. The molecule has 1 aromatic carbocycles. The number of nitrogens with zero attached hydrogens (tertiary/aromatic N) is 3. The molecule has 1 aliphatic carbocycles. The predicted octanol–water partition coefficient (Wildman–Crippen LogP) is 3.26. The standard InChI is InChI=1S/C21H26N4O3S/c1-28-17-10-6-5-7-14(17)11-18-23-24-21(29-18)22-20(27)15-12-19(26)25(13-15)16-8-3-2-4-9-16/h5-7,10,15-16H,2-4,8-9,11-13H2,1H3,(H,22,24,27). The van der Waals surface area contributed by atoms with Crippen molar-refractivity contribution in [2.24, 2.45) is 5.92 Å². The fourth-order valence-corrected chi connectivity index (χ4v) is 5.01. The van der Waals surface area contributed by atoms with Gasteiger partial charge in [0.2, 0.25) is 16.9 Å². The van der Waals surface area contributed by atoms with E-state index in [0.717, 1.165) is 29.2 Å². The Morgan fingerprint density at radius 1 is 1.24 bits per heavy atom. The maximum Gasteiger partial charge on any atom is 0.231 e. The molecule has 4 rings (SSSR count). The lowest BCUT2D eigenvalue weighted by molar-refractivity contribution is -0.130. The second-order valence-corrected chi connectivity index (χ2v) is 8.78. The highest BCUT2D eigenvalue weighted by Crippen LogP contribution is 2.30. The third-order valence-corrected chi connectivity index (χ3v) is 6.61. The van der Waals surface area contributed by atoms with Gasteiger partial charge in [0.25, 0.3) is 0 Å². The van der Waals surface area contributed by atoms with Crippen LogP contribution < -0.4 is 10.1 Å². The number of likely N-dealkylation sites (tertiary alicyclic amines) is 1. The van der Waals surface area contributed by atoms with E-state index in [2.05, 4.69) is 15.5 Å². The molecule has 29 heavy (non-hydrogen) atoms. The summed E-state index contributed by atoms with van der Waals surface area (Å²) >= 11 is 1.36. The summed E-state index contributed by atoms with van der Waals surface area (Å²) in [6.07, 6.45) is 6.59. The maximum atomic E-state index is 12.7. The zero-order valence-corrected chi connectivity index (χ0v) is 17.4. The van der Waals surface area contributed by atoms with Crippen molar-refractivity contribution in [1.82, 2.24) is 15.1 Å². The van der Waals surface area contributed by atoms with Crippen molar-refractivity contribution in [3.05, 3.63) is 34.8 Å². The van der Waals surface area contributed by atoms with Crippen LogP contribution in [0.1, 0.15) is 49.1 Å². The first-order valence-electron chi connectivity index (χ1n) is 10.2. The Morgan fingerprint density at radius 3 is 2.83 bits per heavy atom. The van der Waals surface area contributed by atoms with Gasteiger partial charge in [-0.25, -0.2) is 0 Å². The van der Waals surface area contributed by atoms with Gasteiger partial charge < -0.3 is 15.0 Å². The molecule has 0 radical (unpaired) electrons. The molecule has 2 aromatic rings.